The molecule has 1 aliphatic carbocycles. The number of fused-ring (bicyclic) bond motifs is 4. The maximum Gasteiger partial charge on any atom is 0.119 e. The van der Waals surface area contributed by atoms with Crippen LogP contribution in [-0.4, -0.2) is 13.2 Å². The lowest BCUT2D eigenvalue weighted by Crippen LogP contribution is -2.26. The van der Waals surface area contributed by atoms with Crippen molar-refractivity contribution >= 4 is 28.2 Å². The fourth-order valence-corrected chi connectivity index (χ4v) is 6.83. The van der Waals surface area contributed by atoms with Crippen LogP contribution in [0.15, 0.2) is 97.1 Å². The molecular formula is C36H37NO. The van der Waals surface area contributed by atoms with Crippen LogP contribution < -0.4 is 9.64 Å². The Morgan fingerprint density at radius 3 is 2.55 bits per heavy atom. The summed E-state index contributed by atoms with van der Waals surface area (Å²) in [5.41, 5.74) is 8.96. The van der Waals surface area contributed by atoms with Gasteiger partial charge in [0.15, 0.2) is 0 Å². The molecule has 1 heterocycles. The molecule has 1 aliphatic heterocycles. The van der Waals surface area contributed by atoms with Gasteiger partial charge in [0.2, 0.25) is 0 Å². The van der Waals surface area contributed by atoms with Crippen LogP contribution in [0, 0.1) is 6.92 Å². The van der Waals surface area contributed by atoms with Crippen LogP contribution in [-0.2, 0) is 5.41 Å². The molecule has 2 unspecified atom stereocenters. The first kappa shape index (κ1) is 24.6. The second kappa shape index (κ2) is 9.51. The lowest BCUT2D eigenvalue weighted by atomic mass is 9.74. The lowest BCUT2D eigenvalue weighted by molar-refractivity contribution is 0.415. The van der Waals surface area contributed by atoms with Crippen LogP contribution in [0.2, 0.25) is 0 Å². The third kappa shape index (κ3) is 4.04. The number of rotatable bonds is 6. The summed E-state index contributed by atoms with van der Waals surface area (Å²) in [5.74, 6) is 1.50. The minimum atomic E-state index is -0.181. The molecule has 192 valence electrons. The number of aryl methyl sites for hydroxylation is 1. The molecule has 0 spiro atoms. The van der Waals surface area contributed by atoms with Gasteiger partial charge in [0.1, 0.15) is 5.75 Å². The molecule has 2 atom stereocenters. The predicted molar refractivity (Wildman–Crippen MR) is 162 cm³/mol. The van der Waals surface area contributed by atoms with E-state index in [1.54, 1.807) is 7.11 Å². The third-order valence-corrected chi connectivity index (χ3v) is 8.91. The third-order valence-electron chi connectivity index (χ3n) is 8.91. The zero-order valence-corrected chi connectivity index (χ0v) is 23.0. The van der Waals surface area contributed by atoms with Gasteiger partial charge in [-0.2, -0.15) is 0 Å². The van der Waals surface area contributed by atoms with Gasteiger partial charge in [-0.15, -0.1) is 0 Å². The van der Waals surface area contributed by atoms with E-state index in [1.807, 2.05) is 0 Å². The number of nitrogens with zero attached hydrogens (tertiary/aromatic N) is 1. The van der Waals surface area contributed by atoms with Gasteiger partial charge in [0.05, 0.1) is 7.11 Å². The zero-order chi connectivity index (χ0) is 26.4. The first-order valence-electron chi connectivity index (χ1n) is 13.8. The second-order valence-corrected chi connectivity index (χ2v) is 11.5. The first-order valence-corrected chi connectivity index (χ1v) is 13.8. The van der Waals surface area contributed by atoms with Crippen molar-refractivity contribution in [1.82, 2.24) is 0 Å². The average Bonchev–Trinajstić information content (AvgIpc) is 3.52. The average molecular weight is 500 g/mol. The topological polar surface area (TPSA) is 12.5 Å². The second-order valence-electron chi connectivity index (χ2n) is 11.5. The molecule has 2 aliphatic rings. The summed E-state index contributed by atoms with van der Waals surface area (Å²) in [6.07, 6.45) is 8.27. The zero-order valence-electron chi connectivity index (χ0n) is 23.0. The lowest BCUT2D eigenvalue weighted by Gasteiger charge is -2.30. The van der Waals surface area contributed by atoms with E-state index in [9.17, 15) is 0 Å². The predicted octanol–water partition coefficient (Wildman–Crippen LogP) is 9.49. The summed E-state index contributed by atoms with van der Waals surface area (Å²) >= 11 is 0. The number of anilines is 2. The van der Waals surface area contributed by atoms with E-state index >= 15 is 0 Å². The van der Waals surface area contributed by atoms with E-state index in [-0.39, 0.29) is 5.41 Å². The highest BCUT2D eigenvalue weighted by Crippen LogP contribution is 2.52. The Bertz CT molecular complexity index is 1540. The van der Waals surface area contributed by atoms with Crippen molar-refractivity contribution in [2.75, 3.05) is 12.0 Å². The van der Waals surface area contributed by atoms with Crippen LogP contribution in [0.5, 0.6) is 5.75 Å². The van der Waals surface area contributed by atoms with Crippen molar-refractivity contribution in [2.24, 2.45) is 0 Å². The number of ether oxygens (including phenoxy) is 1. The molecule has 4 aromatic carbocycles. The monoisotopic (exact) mass is 499 g/mol. The minimum absolute atomic E-state index is 0.181. The summed E-state index contributed by atoms with van der Waals surface area (Å²) in [5, 5.41) is 2.60. The smallest absolute Gasteiger partial charge is 0.119 e. The summed E-state index contributed by atoms with van der Waals surface area (Å²) in [4.78, 5) is 2.56. The van der Waals surface area contributed by atoms with Crippen molar-refractivity contribution in [3.63, 3.8) is 0 Å². The fourth-order valence-electron chi connectivity index (χ4n) is 6.83. The molecule has 0 aromatic heterocycles. The highest BCUT2D eigenvalue weighted by atomic mass is 16.5. The van der Waals surface area contributed by atoms with Crippen LogP contribution in [0.1, 0.15) is 61.3 Å². The quantitative estimate of drug-likeness (QED) is 0.245. The molecule has 2 heteroatoms. The molecule has 6 rings (SSSR count). The van der Waals surface area contributed by atoms with Crippen molar-refractivity contribution in [3.8, 4) is 5.75 Å². The van der Waals surface area contributed by atoms with Gasteiger partial charge in [-0.1, -0.05) is 81.5 Å². The van der Waals surface area contributed by atoms with Gasteiger partial charge in [-0.05, 0) is 94.8 Å². The Labute approximate surface area is 227 Å². The maximum atomic E-state index is 5.40. The van der Waals surface area contributed by atoms with Crippen LogP contribution >= 0.6 is 0 Å². The summed E-state index contributed by atoms with van der Waals surface area (Å²) < 4.78 is 5.40. The van der Waals surface area contributed by atoms with Crippen molar-refractivity contribution in [3.05, 3.63) is 119 Å². The van der Waals surface area contributed by atoms with Gasteiger partial charge >= 0.3 is 0 Å². The van der Waals surface area contributed by atoms with Gasteiger partial charge < -0.3 is 9.64 Å². The minimum Gasteiger partial charge on any atom is -0.497 e. The summed E-state index contributed by atoms with van der Waals surface area (Å²) in [7, 11) is 1.72. The Hall–Kier alpha value is -3.78. The fraction of sp³-hybridized carbons (Fsp3) is 0.278. The molecule has 2 nitrogen and oxygen atoms in total. The van der Waals surface area contributed by atoms with E-state index in [1.165, 1.54) is 63.7 Å². The Morgan fingerprint density at radius 1 is 0.974 bits per heavy atom. The highest BCUT2D eigenvalue weighted by Gasteiger charge is 2.42. The Kier molecular flexibility index (Phi) is 6.14. The van der Waals surface area contributed by atoms with Gasteiger partial charge in [-0.3, -0.25) is 0 Å². The van der Waals surface area contributed by atoms with Crippen molar-refractivity contribution in [1.29, 1.82) is 0 Å². The SMILES string of the molecule is C=C(/C=C/c1ccc2c(c1)C1CCCC1N2c1ccc(OC)cc1)C(C)(C)c1c(C)ccc2ccccc12. The molecule has 1 saturated carbocycles. The van der Waals surface area contributed by atoms with Crippen molar-refractivity contribution in [2.45, 2.75) is 57.4 Å². The van der Waals surface area contributed by atoms with E-state index in [0.29, 0.717) is 12.0 Å². The molecular weight excluding hydrogens is 462 g/mol. The number of methoxy groups -OCH3 is 1. The first-order chi connectivity index (χ1) is 18.4. The summed E-state index contributed by atoms with van der Waals surface area (Å²) in [6.45, 7) is 11.4. The number of hydrogen-bond donors (Lipinski definition) is 0. The molecule has 0 bridgehead atoms. The number of benzene rings is 4. The molecule has 0 amide bonds. The largest absolute Gasteiger partial charge is 0.497 e. The van der Waals surface area contributed by atoms with E-state index in [4.69, 9.17) is 4.74 Å². The Balaban J connectivity index is 1.31. The molecule has 1 fully saturated rings. The number of allylic oxidation sites excluding steroid dienone is 2. The van der Waals surface area contributed by atoms with Gasteiger partial charge in [0.25, 0.3) is 0 Å². The normalized spacial score (nSPS) is 18.7. The van der Waals surface area contributed by atoms with Crippen LogP contribution in [0.25, 0.3) is 16.8 Å². The number of hydrogen-bond acceptors (Lipinski definition) is 2. The Morgan fingerprint density at radius 2 is 1.76 bits per heavy atom. The van der Waals surface area contributed by atoms with Crippen LogP contribution in [0.4, 0.5) is 11.4 Å². The molecule has 0 radical (unpaired) electrons. The summed E-state index contributed by atoms with van der Waals surface area (Å²) in [6, 6.07) is 29.2. The molecule has 0 N–H and O–H groups in total. The van der Waals surface area contributed by atoms with Crippen molar-refractivity contribution < 1.29 is 4.74 Å². The van der Waals surface area contributed by atoms with E-state index in [0.717, 1.165) is 11.3 Å². The molecule has 38 heavy (non-hydrogen) atoms. The highest BCUT2D eigenvalue weighted by molar-refractivity contribution is 5.88. The van der Waals surface area contributed by atoms with Gasteiger partial charge in [-0.25, -0.2) is 0 Å². The van der Waals surface area contributed by atoms with Gasteiger partial charge in [0, 0.05) is 28.7 Å². The standard InChI is InChI=1S/C36H37NO/c1-24-13-17-27-9-6-7-10-30(27)35(24)36(3,4)25(2)14-15-26-16-22-34-32(23-26)31-11-8-12-33(31)37(34)28-18-20-29(38-5)21-19-28/h6-7,9-10,13-23,31,33H,2,8,11-12H2,1,3-5H3/b15-14+. The molecule has 4 aromatic rings. The molecule has 0 saturated heterocycles. The van der Waals surface area contributed by atoms with E-state index in [2.05, 4.69) is 123 Å². The maximum absolute atomic E-state index is 5.40. The van der Waals surface area contributed by atoms with Crippen LogP contribution in [0.3, 0.4) is 0 Å². The van der Waals surface area contributed by atoms with E-state index < -0.39 is 0 Å².